The van der Waals surface area contributed by atoms with Crippen molar-refractivity contribution in [2.45, 2.75) is 71.9 Å². The second-order valence-corrected chi connectivity index (χ2v) is 11.0. The topological polar surface area (TPSA) is 50.3 Å². The summed E-state index contributed by atoms with van der Waals surface area (Å²) >= 11 is 1.92. The van der Waals surface area contributed by atoms with Crippen LogP contribution >= 0.6 is 11.3 Å². The molecule has 3 aliphatic rings. The first kappa shape index (κ1) is 20.7. The van der Waals surface area contributed by atoms with Gasteiger partial charge < -0.3 is 10.1 Å². The van der Waals surface area contributed by atoms with Crippen LogP contribution in [0, 0.1) is 17.8 Å². The minimum atomic E-state index is 0.515. The molecule has 30 heavy (non-hydrogen) atoms. The van der Waals surface area contributed by atoms with E-state index in [-0.39, 0.29) is 0 Å². The van der Waals surface area contributed by atoms with Crippen LogP contribution < -0.4 is 5.32 Å². The van der Waals surface area contributed by atoms with Crippen LogP contribution in [0.5, 0.6) is 0 Å². The molecule has 2 aromatic heterocycles. The molecule has 1 aliphatic heterocycles. The SMILES string of the molecule is C[C@H]1CCc2c(sc3nc(CN4CCOCC4)nc(N[C@H]4CCC[C@H](C)[C@@H]4C)c23)C1. The molecule has 5 nitrogen and oxygen atoms in total. The van der Waals surface area contributed by atoms with Crippen LogP contribution in [0.15, 0.2) is 0 Å². The number of nitrogens with one attached hydrogen (secondary N) is 1. The molecule has 0 unspecified atom stereocenters. The summed E-state index contributed by atoms with van der Waals surface area (Å²) in [4.78, 5) is 15.4. The third kappa shape index (κ3) is 4.11. The third-order valence-corrected chi connectivity index (χ3v) is 8.85. The van der Waals surface area contributed by atoms with Crippen molar-refractivity contribution in [1.29, 1.82) is 0 Å². The number of aromatic nitrogens is 2. The molecule has 0 aromatic carbocycles. The van der Waals surface area contributed by atoms with Crippen molar-refractivity contribution in [1.82, 2.24) is 14.9 Å². The second kappa shape index (κ2) is 8.71. The van der Waals surface area contributed by atoms with Crippen LogP contribution in [-0.4, -0.2) is 47.2 Å². The van der Waals surface area contributed by atoms with Crippen LogP contribution in [0.4, 0.5) is 5.82 Å². The molecule has 0 spiro atoms. The Morgan fingerprint density at radius 2 is 1.93 bits per heavy atom. The number of morpholine rings is 1. The summed E-state index contributed by atoms with van der Waals surface area (Å²) < 4.78 is 5.53. The zero-order valence-corrected chi connectivity index (χ0v) is 19.6. The number of hydrogen-bond acceptors (Lipinski definition) is 6. The molecule has 0 bridgehead atoms. The number of rotatable bonds is 4. The number of nitrogens with zero attached hydrogens (tertiary/aromatic N) is 3. The van der Waals surface area contributed by atoms with Gasteiger partial charge in [0.25, 0.3) is 0 Å². The fourth-order valence-electron chi connectivity index (χ4n) is 5.48. The van der Waals surface area contributed by atoms with Crippen LogP contribution in [0.2, 0.25) is 0 Å². The number of anilines is 1. The van der Waals surface area contributed by atoms with E-state index in [2.05, 4.69) is 31.0 Å². The predicted molar refractivity (Wildman–Crippen MR) is 124 cm³/mol. The largest absolute Gasteiger partial charge is 0.379 e. The first-order valence-electron chi connectivity index (χ1n) is 12.0. The van der Waals surface area contributed by atoms with Crippen molar-refractivity contribution in [3.63, 3.8) is 0 Å². The van der Waals surface area contributed by atoms with E-state index in [1.54, 1.807) is 4.88 Å². The van der Waals surface area contributed by atoms with Gasteiger partial charge in [0.15, 0.2) is 0 Å². The molecule has 2 fully saturated rings. The van der Waals surface area contributed by atoms with Gasteiger partial charge in [0.2, 0.25) is 0 Å². The van der Waals surface area contributed by atoms with E-state index < -0.39 is 0 Å². The van der Waals surface area contributed by atoms with Gasteiger partial charge >= 0.3 is 0 Å². The number of thiophene rings is 1. The summed E-state index contributed by atoms with van der Waals surface area (Å²) in [6.07, 6.45) is 7.58. The van der Waals surface area contributed by atoms with Crippen molar-refractivity contribution in [2.75, 3.05) is 31.6 Å². The van der Waals surface area contributed by atoms with Crippen LogP contribution in [0.1, 0.15) is 62.7 Å². The van der Waals surface area contributed by atoms with Gasteiger partial charge in [-0.15, -0.1) is 11.3 Å². The highest BCUT2D eigenvalue weighted by Crippen LogP contribution is 2.41. The summed E-state index contributed by atoms with van der Waals surface area (Å²) in [5, 5.41) is 5.27. The summed E-state index contributed by atoms with van der Waals surface area (Å²) in [5.41, 5.74) is 1.53. The number of ether oxygens (including phenoxy) is 1. The molecular formula is C24H36N4OS. The lowest BCUT2D eigenvalue weighted by Crippen LogP contribution is -2.37. The molecule has 6 heteroatoms. The average molecular weight is 429 g/mol. The molecule has 5 rings (SSSR count). The third-order valence-electron chi connectivity index (χ3n) is 7.70. The normalized spacial score (nSPS) is 30.4. The highest BCUT2D eigenvalue weighted by atomic mass is 32.1. The molecule has 4 atom stereocenters. The summed E-state index contributed by atoms with van der Waals surface area (Å²) in [6.45, 7) is 11.6. The summed E-state index contributed by atoms with van der Waals surface area (Å²) in [6, 6.07) is 0.515. The maximum absolute atomic E-state index is 5.53. The van der Waals surface area contributed by atoms with Crippen molar-refractivity contribution in [3.05, 3.63) is 16.3 Å². The monoisotopic (exact) mass is 428 g/mol. The van der Waals surface area contributed by atoms with Crippen molar-refractivity contribution >= 4 is 27.4 Å². The fourth-order valence-corrected chi connectivity index (χ4v) is 6.88. The Bertz CT molecular complexity index is 891. The minimum absolute atomic E-state index is 0.515. The maximum Gasteiger partial charge on any atom is 0.146 e. The first-order chi connectivity index (χ1) is 14.6. The van der Waals surface area contributed by atoms with E-state index in [4.69, 9.17) is 14.7 Å². The van der Waals surface area contributed by atoms with Gasteiger partial charge in [-0.2, -0.15) is 0 Å². The van der Waals surface area contributed by atoms with Crippen molar-refractivity contribution in [2.24, 2.45) is 17.8 Å². The molecular weight excluding hydrogens is 392 g/mol. The average Bonchev–Trinajstić information content (AvgIpc) is 3.09. The molecule has 164 valence electrons. The van der Waals surface area contributed by atoms with Crippen molar-refractivity contribution < 1.29 is 4.74 Å². The standard InChI is InChI=1S/C24H36N4OS/c1-15-7-8-18-20(13-15)30-24-22(18)23(25-19-6-4-5-16(2)17(19)3)26-21(27-24)14-28-9-11-29-12-10-28/h15-17,19H,4-14H2,1-3H3,(H,25,26,27)/t15-,16-,17-,19-/m0/s1. The lowest BCUT2D eigenvalue weighted by molar-refractivity contribution is 0.0331. The van der Waals surface area contributed by atoms with Gasteiger partial charge in [0.1, 0.15) is 16.5 Å². The Labute approximate surface area is 184 Å². The Balaban J connectivity index is 1.51. The Morgan fingerprint density at radius 3 is 2.77 bits per heavy atom. The number of aryl methyl sites for hydroxylation is 1. The lowest BCUT2D eigenvalue weighted by atomic mass is 9.78. The Kier molecular flexibility index (Phi) is 6.00. The van der Waals surface area contributed by atoms with Gasteiger partial charge in [0, 0.05) is 24.0 Å². The van der Waals surface area contributed by atoms with E-state index in [1.165, 1.54) is 54.3 Å². The molecule has 0 amide bonds. The molecule has 2 aliphatic carbocycles. The lowest BCUT2D eigenvalue weighted by Gasteiger charge is -2.35. The molecule has 2 aromatic rings. The Hall–Kier alpha value is -1.24. The smallest absolute Gasteiger partial charge is 0.146 e. The van der Waals surface area contributed by atoms with Gasteiger partial charge in [0.05, 0.1) is 25.1 Å². The van der Waals surface area contributed by atoms with Gasteiger partial charge in [-0.05, 0) is 49.0 Å². The predicted octanol–water partition coefficient (Wildman–Crippen LogP) is 4.88. The zero-order valence-electron chi connectivity index (χ0n) is 18.7. The minimum Gasteiger partial charge on any atom is -0.379 e. The van der Waals surface area contributed by atoms with Gasteiger partial charge in [-0.25, -0.2) is 9.97 Å². The zero-order chi connectivity index (χ0) is 20.7. The van der Waals surface area contributed by atoms with Crippen LogP contribution in [-0.2, 0) is 24.1 Å². The summed E-state index contributed by atoms with van der Waals surface area (Å²) in [7, 11) is 0. The number of fused-ring (bicyclic) bond motifs is 3. The van der Waals surface area contributed by atoms with E-state index in [9.17, 15) is 0 Å². The maximum atomic E-state index is 5.53. The van der Waals surface area contributed by atoms with E-state index in [0.29, 0.717) is 12.0 Å². The molecule has 0 radical (unpaired) electrons. The fraction of sp³-hybridized carbons (Fsp3) is 0.750. The van der Waals surface area contributed by atoms with E-state index in [0.717, 1.165) is 56.3 Å². The van der Waals surface area contributed by atoms with Crippen LogP contribution in [0.25, 0.3) is 10.2 Å². The molecule has 1 saturated carbocycles. The highest BCUT2D eigenvalue weighted by molar-refractivity contribution is 7.19. The second-order valence-electron chi connectivity index (χ2n) is 9.93. The van der Waals surface area contributed by atoms with Crippen molar-refractivity contribution in [3.8, 4) is 0 Å². The molecule has 3 heterocycles. The molecule has 1 N–H and O–H groups in total. The van der Waals surface area contributed by atoms with Crippen LogP contribution in [0.3, 0.4) is 0 Å². The Morgan fingerprint density at radius 1 is 1.10 bits per heavy atom. The highest BCUT2D eigenvalue weighted by Gasteiger charge is 2.30. The van der Waals surface area contributed by atoms with Gasteiger partial charge in [-0.1, -0.05) is 33.6 Å². The number of hydrogen-bond donors (Lipinski definition) is 1. The first-order valence-corrected chi connectivity index (χ1v) is 12.8. The van der Waals surface area contributed by atoms with Gasteiger partial charge in [-0.3, -0.25) is 4.90 Å². The molecule has 1 saturated heterocycles. The quantitative estimate of drug-likeness (QED) is 0.752. The summed E-state index contributed by atoms with van der Waals surface area (Å²) in [5.74, 6) is 4.32. The van der Waals surface area contributed by atoms with E-state index in [1.807, 2.05) is 11.3 Å². The van der Waals surface area contributed by atoms with E-state index >= 15 is 0 Å².